The minimum Gasteiger partial charge on any atom is -0.0843 e. The average molecular weight is 318 g/mol. The fourth-order valence-electron chi connectivity index (χ4n) is 2.08. The molecule has 0 bridgehead atoms. The summed E-state index contributed by atoms with van der Waals surface area (Å²) in [7, 11) is 0. The molecule has 0 saturated carbocycles. The lowest BCUT2D eigenvalue weighted by Gasteiger charge is -2.07. The average Bonchev–Trinajstić information content (AvgIpc) is 2.38. The molecule has 0 amide bonds. The molecule has 0 aliphatic rings. The molecule has 0 aliphatic carbocycles. The maximum Gasteiger partial charge on any atom is 0.0417 e. The lowest BCUT2D eigenvalue weighted by atomic mass is 10.0. The summed E-state index contributed by atoms with van der Waals surface area (Å²) < 4.78 is 1.02. The third-order valence-corrected chi connectivity index (χ3v) is 3.88. The lowest BCUT2D eigenvalue weighted by molar-refractivity contribution is 1.60. The zero-order valence-corrected chi connectivity index (χ0v) is 11.9. The number of rotatable bonds is 1. The Balaban J connectivity index is 2.19. The quantitative estimate of drug-likeness (QED) is 0.522. The summed E-state index contributed by atoms with van der Waals surface area (Å²) in [6.45, 7) is 0. The van der Waals surface area contributed by atoms with Crippen LogP contribution in [-0.4, -0.2) is 0 Å². The molecule has 0 aliphatic heterocycles. The Labute approximate surface area is 119 Å². The predicted molar refractivity (Wildman–Crippen MR) is 82.1 cm³/mol. The highest BCUT2D eigenvalue weighted by Gasteiger charge is 2.04. The molecule has 0 aromatic heterocycles. The largest absolute Gasteiger partial charge is 0.0843 e. The summed E-state index contributed by atoms with van der Waals surface area (Å²) in [4.78, 5) is 0. The molecule has 3 aromatic rings. The monoisotopic (exact) mass is 316 g/mol. The van der Waals surface area contributed by atoms with Gasteiger partial charge in [0.15, 0.2) is 0 Å². The molecule has 0 atom stereocenters. The van der Waals surface area contributed by atoms with Crippen molar-refractivity contribution in [1.29, 1.82) is 0 Å². The van der Waals surface area contributed by atoms with E-state index < -0.39 is 0 Å². The van der Waals surface area contributed by atoms with Gasteiger partial charge in [0.25, 0.3) is 0 Å². The van der Waals surface area contributed by atoms with Crippen LogP contribution in [0.5, 0.6) is 0 Å². The van der Waals surface area contributed by atoms with E-state index >= 15 is 0 Å². The van der Waals surface area contributed by atoms with Crippen LogP contribution in [0.4, 0.5) is 0 Å². The van der Waals surface area contributed by atoms with Crippen molar-refractivity contribution < 1.29 is 0 Å². The van der Waals surface area contributed by atoms with E-state index in [0.29, 0.717) is 0 Å². The second kappa shape index (κ2) is 4.75. The molecule has 18 heavy (non-hydrogen) atoms. The molecule has 0 fully saturated rings. The maximum atomic E-state index is 5.97. The molecule has 0 unspecified atom stereocenters. The molecule has 0 spiro atoms. The Kier molecular flexibility index (Phi) is 3.11. The van der Waals surface area contributed by atoms with Crippen molar-refractivity contribution in [1.82, 2.24) is 0 Å². The number of benzene rings is 3. The van der Waals surface area contributed by atoms with Crippen molar-refractivity contribution in [2.45, 2.75) is 0 Å². The van der Waals surface area contributed by atoms with E-state index in [9.17, 15) is 0 Å². The van der Waals surface area contributed by atoms with Crippen molar-refractivity contribution in [3.63, 3.8) is 0 Å². The SMILES string of the molecule is Clc1ccc(-c2ccc3ccccc3c2)c(Br)c1. The summed E-state index contributed by atoms with van der Waals surface area (Å²) in [5.74, 6) is 0. The molecule has 0 N–H and O–H groups in total. The van der Waals surface area contributed by atoms with Crippen molar-refractivity contribution in [2.75, 3.05) is 0 Å². The summed E-state index contributed by atoms with van der Waals surface area (Å²) in [5, 5.41) is 3.25. The highest BCUT2D eigenvalue weighted by molar-refractivity contribution is 9.10. The van der Waals surface area contributed by atoms with Crippen molar-refractivity contribution in [3.8, 4) is 11.1 Å². The van der Waals surface area contributed by atoms with Crippen molar-refractivity contribution in [2.24, 2.45) is 0 Å². The highest BCUT2D eigenvalue weighted by atomic mass is 79.9. The highest BCUT2D eigenvalue weighted by Crippen LogP contribution is 2.32. The zero-order valence-electron chi connectivity index (χ0n) is 9.53. The smallest absolute Gasteiger partial charge is 0.0417 e. The zero-order chi connectivity index (χ0) is 12.5. The van der Waals surface area contributed by atoms with E-state index in [4.69, 9.17) is 11.6 Å². The Hall–Kier alpha value is -1.31. The molecule has 0 saturated heterocycles. The Morgan fingerprint density at radius 1 is 0.778 bits per heavy atom. The fourth-order valence-corrected chi connectivity index (χ4v) is 2.99. The molecular weight excluding hydrogens is 308 g/mol. The van der Waals surface area contributed by atoms with E-state index in [-0.39, 0.29) is 0 Å². The van der Waals surface area contributed by atoms with Gasteiger partial charge in [-0.2, -0.15) is 0 Å². The molecule has 2 heteroatoms. The van der Waals surface area contributed by atoms with Crippen molar-refractivity contribution >= 4 is 38.3 Å². The summed E-state index contributed by atoms with van der Waals surface area (Å²) >= 11 is 9.53. The van der Waals surface area contributed by atoms with Crippen LogP contribution in [0, 0.1) is 0 Å². The molecule has 0 nitrogen and oxygen atoms in total. The molecule has 3 aromatic carbocycles. The van der Waals surface area contributed by atoms with Crippen LogP contribution < -0.4 is 0 Å². The van der Waals surface area contributed by atoms with Crippen LogP contribution in [-0.2, 0) is 0 Å². The van der Waals surface area contributed by atoms with Crippen molar-refractivity contribution in [3.05, 3.63) is 70.2 Å². The lowest BCUT2D eigenvalue weighted by Crippen LogP contribution is -1.81. The third kappa shape index (κ3) is 2.16. The van der Waals surface area contributed by atoms with Gasteiger partial charge < -0.3 is 0 Å². The van der Waals surface area contributed by atoms with Gasteiger partial charge in [0.05, 0.1) is 0 Å². The Morgan fingerprint density at radius 2 is 1.56 bits per heavy atom. The molecule has 0 radical (unpaired) electrons. The number of hydrogen-bond donors (Lipinski definition) is 0. The standard InChI is InChI=1S/C16H10BrCl/c17-16-10-14(18)7-8-15(16)13-6-5-11-3-1-2-4-12(11)9-13/h1-10H. The molecule has 88 valence electrons. The second-order valence-corrected chi connectivity index (χ2v) is 5.48. The minimum absolute atomic E-state index is 0.742. The van der Waals surface area contributed by atoms with E-state index in [0.717, 1.165) is 15.1 Å². The Bertz CT molecular complexity index is 719. The van der Waals surface area contributed by atoms with E-state index in [2.05, 4.69) is 58.4 Å². The van der Waals surface area contributed by atoms with Gasteiger partial charge in [0.2, 0.25) is 0 Å². The van der Waals surface area contributed by atoms with Crippen LogP contribution in [0.15, 0.2) is 65.1 Å². The first-order valence-corrected chi connectivity index (χ1v) is 6.85. The van der Waals surface area contributed by atoms with Gasteiger partial charge in [-0.05, 0) is 40.1 Å². The van der Waals surface area contributed by atoms with Gasteiger partial charge in [-0.1, -0.05) is 70.0 Å². The first-order chi connectivity index (χ1) is 8.74. The molecule has 3 rings (SSSR count). The van der Waals surface area contributed by atoms with Gasteiger partial charge in [0.1, 0.15) is 0 Å². The van der Waals surface area contributed by atoms with Gasteiger partial charge in [-0.3, -0.25) is 0 Å². The predicted octanol–water partition coefficient (Wildman–Crippen LogP) is 5.92. The topological polar surface area (TPSA) is 0 Å². The second-order valence-electron chi connectivity index (χ2n) is 4.19. The summed E-state index contributed by atoms with van der Waals surface area (Å²) in [6.07, 6.45) is 0. The first-order valence-electron chi connectivity index (χ1n) is 5.68. The van der Waals surface area contributed by atoms with E-state index in [1.54, 1.807) is 0 Å². The number of hydrogen-bond acceptors (Lipinski definition) is 0. The summed E-state index contributed by atoms with van der Waals surface area (Å²) in [5.41, 5.74) is 2.35. The van der Waals surface area contributed by atoms with Gasteiger partial charge in [0, 0.05) is 9.50 Å². The normalized spacial score (nSPS) is 10.8. The van der Waals surface area contributed by atoms with Gasteiger partial charge in [-0.15, -0.1) is 0 Å². The Morgan fingerprint density at radius 3 is 2.33 bits per heavy atom. The van der Waals surface area contributed by atoms with Gasteiger partial charge in [-0.25, -0.2) is 0 Å². The third-order valence-electron chi connectivity index (χ3n) is 2.99. The van der Waals surface area contributed by atoms with Crippen LogP contribution >= 0.6 is 27.5 Å². The first kappa shape index (κ1) is 11.8. The minimum atomic E-state index is 0.742. The van der Waals surface area contributed by atoms with Crippen LogP contribution in [0.3, 0.4) is 0 Å². The number of halogens is 2. The maximum absolute atomic E-state index is 5.97. The molecule has 0 heterocycles. The van der Waals surface area contributed by atoms with Crippen LogP contribution in [0.2, 0.25) is 5.02 Å². The van der Waals surface area contributed by atoms with Gasteiger partial charge >= 0.3 is 0 Å². The van der Waals surface area contributed by atoms with Crippen LogP contribution in [0.25, 0.3) is 21.9 Å². The van der Waals surface area contributed by atoms with E-state index in [1.165, 1.54) is 16.3 Å². The van der Waals surface area contributed by atoms with Crippen LogP contribution in [0.1, 0.15) is 0 Å². The summed E-state index contributed by atoms with van der Waals surface area (Å²) in [6, 6.07) is 20.7. The number of fused-ring (bicyclic) bond motifs is 1. The molecular formula is C16H10BrCl. The fraction of sp³-hybridized carbons (Fsp3) is 0. The van der Waals surface area contributed by atoms with E-state index in [1.807, 2.05) is 18.2 Å².